The van der Waals surface area contributed by atoms with Gasteiger partial charge in [-0.05, 0) is 73.7 Å². The van der Waals surface area contributed by atoms with Gasteiger partial charge in [-0.1, -0.05) is 12.1 Å². The van der Waals surface area contributed by atoms with Crippen LogP contribution in [0.4, 0.5) is 5.69 Å². The summed E-state index contributed by atoms with van der Waals surface area (Å²) in [6, 6.07) is 15.2. The van der Waals surface area contributed by atoms with Gasteiger partial charge in [0.05, 0.1) is 6.61 Å². The molecular weight excluding hydrogens is 364 g/mol. The Balaban J connectivity index is 1.48. The molecule has 0 spiro atoms. The summed E-state index contributed by atoms with van der Waals surface area (Å²) in [4.78, 5) is 16.8. The van der Waals surface area contributed by atoms with Crippen molar-refractivity contribution in [1.82, 2.24) is 4.98 Å². The minimum absolute atomic E-state index is 0.164. The van der Waals surface area contributed by atoms with Crippen molar-refractivity contribution in [2.24, 2.45) is 0 Å². The van der Waals surface area contributed by atoms with Crippen LogP contribution in [-0.2, 0) is 19.4 Å². The first-order chi connectivity index (χ1) is 14.2. The number of carbonyl (C=O) groups excluding carboxylic acids is 1. The van der Waals surface area contributed by atoms with Gasteiger partial charge < -0.3 is 14.8 Å². The van der Waals surface area contributed by atoms with Gasteiger partial charge in [-0.15, -0.1) is 0 Å². The zero-order valence-corrected chi connectivity index (χ0v) is 16.5. The molecule has 0 unspecified atom stereocenters. The van der Waals surface area contributed by atoms with Crippen molar-refractivity contribution in [2.45, 2.75) is 32.8 Å². The van der Waals surface area contributed by atoms with E-state index in [0.29, 0.717) is 30.3 Å². The molecule has 0 bridgehead atoms. The molecule has 29 heavy (non-hydrogen) atoms. The largest absolute Gasteiger partial charge is 0.490 e. The van der Waals surface area contributed by atoms with Gasteiger partial charge in [-0.25, -0.2) is 0 Å². The van der Waals surface area contributed by atoms with Crippen LogP contribution in [0.3, 0.4) is 0 Å². The highest BCUT2D eigenvalue weighted by molar-refractivity contribution is 6.04. The molecule has 1 N–H and O–H groups in total. The number of carbonyl (C=O) groups is 1. The summed E-state index contributed by atoms with van der Waals surface area (Å²) < 4.78 is 11.6. The molecule has 0 saturated carbocycles. The number of hydrogen-bond acceptors (Lipinski definition) is 4. The van der Waals surface area contributed by atoms with Crippen molar-refractivity contribution < 1.29 is 14.3 Å². The average Bonchev–Trinajstić information content (AvgIpc) is 3.21. The summed E-state index contributed by atoms with van der Waals surface area (Å²) in [7, 11) is 0. The van der Waals surface area contributed by atoms with Crippen molar-refractivity contribution in [1.29, 1.82) is 0 Å². The van der Waals surface area contributed by atoms with Crippen LogP contribution < -0.4 is 14.8 Å². The molecule has 5 nitrogen and oxygen atoms in total. The maximum absolute atomic E-state index is 12.7. The molecule has 0 fully saturated rings. The van der Waals surface area contributed by atoms with Gasteiger partial charge in [-0.3, -0.25) is 9.78 Å². The van der Waals surface area contributed by atoms with Crippen molar-refractivity contribution in [3.05, 3.63) is 83.2 Å². The normalized spacial score (nSPS) is 12.3. The zero-order valence-electron chi connectivity index (χ0n) is 16.5. The molecule has 0 saturated heterocycles. The van der Waals surface area contributed by atoms with E-state index in [2.05, 4.69) is 22.4 Å². The Morgan fingerprint density at radius 1 is 1.03 bits per heavy atom. The molecule has 4 rings (SSSR count). The molecule has 1 amide bonds. The summed E-state index contributed by atoms with van der Waals surface area (Å²) in [5, 5.41) is 2.99. The molecule has 3 aromatic rings. The zero-order chi connectivity index (χ0) is 20.1. The van der Waals surface area contributed by atoms with E-state index in [0.717, 1.165) is 24.1 Å². The quantitative estimate of drug-likeness (QED) is 0.632. The minimum atomic E-state index is -0.164. The van der Waals surface area contributed by atoms with Crippen LogP contribution in [0.2, 0.25) is 0 Å². The van der Waals surface area contributed by atoms with Gasteiger partial charge >= 0.3 is 0 Å². The summed E-state index contributed by atoms with van der Waals surface area (Å²) in [6.45, 7) is 2.77. The maximum Gasteiger partial charge on any atom is 0.255 e. The van der Waals surface area contributed by atoms with Crippen molar-refractivity contribution in [2.75, 3.05) is 11.9 Å². The lowest BCUT2D eigenvalue weighted by atomic mass is 10.1. The van der Waals surface area contributed by atoms with E-state index < -0.39 is 0 Å². The van der Waals surface area contributed by atoms with Crippen LogP contribution in [-0.4, -0.2) is 17.5 Å². The number of pyridine rings is 1. The second kappa shape index (κ2) is 8.78. The van der Waals surface area contributed by atoms with Gasteiger partial charge in [0.15, 0.2) is 11.5 Å². The number of rotatable bonds is 7. The molecule has 148 valence electrons. The lowest BCUT2D eigenvalue weighted by molar-refractivity contribution is 0.102. The lowest BCUT2D eigenvalue weighted by Crippen LogP contribution is -2.12. The maximum atomic E-state index is 12.7. The predicted octanol–water partition coefficient (Wildman–Crippen LogP) is 4.80. The molecule has 1 heterocycles. The third-order valence-corrected chi connectivity index (χ3v) is 4.98. The standard InChI is InChI=1S/C24H24N2O3/c1-2-28-23-14-20(9-11-22(23)29-16-17-5-4-12-25-15-17)24(27)26-21-10-8-18-6-3-7-19(18)13-21/h4-5,8-15H,2-3,6-7,16H2,1H3,(H,26,27). The minimum Gasteiger partial charge on any atom is -0.490 e. The van der Waals surface area contributed by atoms with E-state index in [4.69, 9.17) is 9.47 Å². The fraction of sp³-hybridized carbons (Fsp3) is 0.250. The number of ether oxygens (including phenoxy) is 2. The second-order valence-corrected chi connectivity index (χ2v) is 7.04. The molecular formula is C24H24N2O3. The molecule has 1 aromatic heterocycles. The molecule has 5 heteroatoms. The van der Waals surface area contributed by atoms with E-state index >= 15 is 0 Å². The first-order valence-electron chi connectivity index (χ1n) is 9.94. The Hall–Kier alpha value is -3.34. The molecule has 1 aliphatic rings. The third kappa shape index (κ3) is 4.57. The molecule has 0 atom stereocenters. The number of nitrogens with one attached hydrogen (secondary N) is 1. The smallest absolute Gasteiger partial charge is 0.255 e. The van der Waals surface area contributed by atoms with E-state index in [1.807, 2.05) is 25.1 Å². The number of aryl methyl sites for hydroxylation is 2. The van der Waals surface area contributed by atoms with E-state index in [9.17, 15) is 4.79 Å². The fourth-order valence-corrected chi connectivity index (χ4v) is 3.53. The summed E-state index contributed by atoms with van der Waals surface area (Å²) in [5.41, 5.74) is 5.04. The van der Waals surface area contributed by atoms with Gasteiger partial charge in [0, 0.05) is 29.2 Å². The first kappa shape index (κ1) is 19.0. The lowest BCUT2D eigenvalue weighted by Gasteiger charge is -2.14. The molecule has 0 aliphatic heterocycles. The Kier molecular flexibility index (Phi) is 5.75. The van der Waals surface area contributed by atoms with Crippen molar-refractivity contribution in [3.8, 4) is 11.5 Å². The number of hydrogen-bond donors (Lipinski definition) is 1. The highest BCUT2D eigenvalue weighted by Crippen LogP contribution is 2.30. The van der Waals surface area contributed by atoms with Crippen LogP contribution in [0.5, 0.6) is 11.5 Å². The Labute approximate surface area is 170 Å². The highest BCUT2D eigenvalue weighted by atomic mass is 16.5. The number of aromatic nitrogens is 1. The third-order valence-electron chi connectivity index (χ3n) is 4.98. The van der Waals surface area contributed by atoms with Crippen LogP contribution >= 0.6 is 0 Å². The number of fused-ring (bicyclic) bond motifs is 1. The van der Waals surface area contributed by atoms with E-state index in [1.54, 1.807) is 30.6 Å². The van der Waals surface area contributed by atoms with E-state index in [1.165, 1.54) is 17.5 Å². The van der Waals surface area contributed by atoms with Crippen LogP contribution in [0.15, 0.2) is 60.9 Å². The van der Waals surface area contributed by atoms with Crippen molar-refractivity contribution in [3.63, 3.8) is 0 Å². The summed E-state index contributed by atoms with van der Waals surface area (Å²) in [5.74, 6) is 0.991. The van der Waals surface area contributed by atoms with Crippen LogP contribution in [0.1, 0.15) is 40.4 Å². The number of amides is 1. The highest BCUT2D eigenvalue weighted by Gasteiger charge is 2.15. The monoisotopic (exact) mass is 388 g/mol. The molecule has 1 aliphatic carbocycles. The summed E-state index contributed by atoms with van der Waals surface area (Å²) in [6.07, 6.45) is 6.88. The Morgan fingerprint density at radius 3 is 2.76 bits per heavy atom. The van der Waals surface area contributed by atoms with Gasteiger partial charge in [0.2, 0.25) is 0 Å². The van der Waals surface area contributed by atoms with Gasteiger partial charge in [-0.2, -0.15) is 0 Å². The van der Waals surface area contributed by atoms with E-state index in [-0.39, 0.29) is 5.91 Å². The second-order valence-electron chi connectivity index (χ2n) is 7.04. The van der Waals surface area contributed by atoms with Gasteiger partial charge in [0.25, 0.3) is 5.91 Å². The fourth-order valence-electron chi connectivity index (χ4n) is 3.53. The Bertz CT molecular complexity index is 1000. The summed E-state index contributed by atoms with van der Waals surface area (Å²) >= 11 is 0. The number of benzene rings is 2. The SMILES string of the molecule is CCOc1cc(C(=O)Nc2ccc3c(c2)CCC3)ccc1OCc1cccnc1. The topological polar surface area (TPSA) is 60.5 Å². The average molecular weight is 388 g/mol. The predicted molar refractivity (Wildman–Crippen MR) is 113 cm³/mol. The number of anilines is 1. The van der Waals surface area contributed by atoms with Gasteiger partial charge in [0.1, 0.15) is 6.61 Å². The van der Waals surface area contributed by atoms with Crippen molar-refractivity contribution >= 4 is 11.6 Å². The molecule has 0 radical (unpaired) electrons. The van der Waals surface area contributed by atoms with Crippen LogP contribution in [0, 0.1) is 0 Å². The number of nitrogens with zero attached hydrogens (tertiary/aromatic N) is 1. The molecule has 2 aromatic carbocycles. The Morgan fingerprint density at radius 2 is 1.93 bits per heavy atom. The van der Waals surface area contributed by atoms with Crippen LogP contribution in [0.25, 0.3) is 0 Å². The first-order valence-corrected chi connectivity index (χ1v) is 9.94.